The lowest BCUT2D eigenvalue weighted by molar-refractivity contribution is -0.125. The van der Waals surface area contributed by atoms with Gasteiger partial charge in [-0.3, -0.25) is 15.0 Å². The highest BCUT2D eigenvalue weighted by Crippen LogP contribution is 2.46. The first kappa shape index (κ1) is 13.6. The highest BCUT2D eigenvalue weighted by molar-refractivity contribution is 6.05. The van der Waals surface area contributed by atoms with E-state index in [9.17, 15) is 19.5 Å². The van der Waals surface area contributed by atoms with E-state index in [4.69, 9.17) is 0 Å². The lowest BCUT2D eigenvalue weighted by atomic mass is 9.67. The number of nitrogens with zero attached hydrogens (tertiary/aromatic N) is 1. The van der Waals surface area contributed by atoms with Gasteiger partial charge in [0.05, 0.1) is 5.54 Å². The third kappa shape index (κ3) is 1.84. The summed E-state index contributed by atoms with van der Waals surface area (Å²) in [4.78, 5) is 36.1. The molecule has 0 aromatic heterocycles. The van der Waals surface area contributed by atoms with E-state index in [1.54, 1.807) is 0 Å². The van der Waals surface area contributed by atoms with Crippen LogP contribution in [0.3, 0.4) is 0 Å². The Morgan fingerprint density at radius 2 is 2.05 bits per heavy atom. The van der Waals surface area contributed by atoms with Gasteiger partial charge in [-0.15, -0.1) is 0 Å². The molecule has 0 bridgehead atoms. The molecule has 2 aliphatic rings. The van der Waals surface area contributed by atoms with Crippen molar-refractivity contribution >= 4 is 18.0 Å². The van der Waals surface area contributed by atoms with Crippen molar-refractivity contribution in [3.63, 3.8) is 0 Å². The van der Waals surface area contributed by atoms with E-state index in [0.717, 1.165) is 0 Å². The fourth-order valence-corrected chi connectivity index (χ4v) is 3.37. The van der Waals surface area contributed by atoms with Gasteiger partial charge in [-0.1, -0.05) is 20.8 Å². The van der Waals surface area contributed by atoms with Crippen LogP contribution in [0.1, 0.15) is 33.6 Å². The SMILES string of the molecule is CC(C)(C)[C@@]1([C@H]2NC(=O)NC2=O)CCCN1C(=O)O. The molecule has 0 aromatic rings. The molecule has 2 aliphatic heterocycles. The Balaban J connectivity index is 2.50. The van der Waals surface area contributed by atoms with E-state index in [0.29, 0.717) is 19.4 Å². The van der Waals surface area contributed by atoms with Crippen LogP contribution in [0.2, 0.25) is 0 Å². The van der Waals surface area contributed by atoms with Gasteiger partial charge in [0.1, 0.15) is 6.04 Å². The van der Waals surface area contributed by atoms with Crippen molar-refractivity contribution in [3.8, 4) is 0 Å². The molecule has 0 radical (unpaired) electrons. The Morgan fingerprint density at radius 3 is 2.47 bits per heavy atom. The second-order valence-electron chi connectivity index (χ2n) is 6.11. The van der Waals surface area contributed by atoms with Gasteiger partial charge in [0.15, 0.2) is 0 Å². The molecule has 2 rings (SSSR count). The van der Waals surface area contributed by atoms with E-state index in [2.05, 4.69) is 10.6 Å². The molecule has 0 unspecified atom stereocenters. The minimum absolute atomic E-state index is 0.381. The van der Waals surface area contributed by atoms with Crippen molar-refractivity contribution in [1.82, 2.24) is 15.5 Å². The molecule has 7 heteroatoms. The summed E-state index contributed by atoms with van der Waals surface area (Å²) in [5, 5.41) is 14.2. The third-order valence-electron chi connectivity index (χ3n) is 4.20. The van der Waals surface area contributed by atoms with Crippen molar-refractivity contribution in [1.29, 1.82) is 0 Å². The molecular formula is C12H19N3O4. The number of rotatable bonds is 1. The molecule has 106 valence electrons. The first-order valence-electron chi connectivity index (χ1n) is 6.32. The molecule has 2 atom stereocenters. The highest BCUT2D eigenvalue weighted by Gasteiger charge is 2.60. The zero-order valence-corrected chi connectivity index (χ0v) is 11.3. The maximum atomic E-state index is 12.0. The van der Waals surface area contributed by atoms with Crippen LogP contribution in [0, 0.1) is 5.41 Å². The lowest BCUT2D eigenvalue weighted by Gasteiger charge is -2.49. The Labute approximate surface area is 111 Å². The van der Waals surface area contributed by atoms with Crippen LogP contribution in [0.5, 0.6) is 0 Å². The van der Waals surface area contributed by atoms with Gasteiger partial charge in [0.25, 0.3) is 5.91 Å². The van der Waals surface area contributed by atoms with Gasteiger partial charge in [-0.05, 0) is 18.3 Å². The van der Waals surface area contributed by atoms with Crippen LogP contribution >= 0.6 is 0 Å². The van der Waals surface area contributed by atoms with Crippen LogP contribution in [0.25, 0.3) is 0 Å². The molecule has 19 heavy (non-hydrogen) atoms. The molecule has 2 fully saturated rings. The van der Waals surface area contributed by atoms with Gasteiger partial charge in [0.2, 0.25) is 0 Å². The molecule has 3 N–H and O–H groups in total. The summed E-state index contributed by atoms with van der Waals surface area (Å²) >= 11 is 0. The molecular weight excluding hydrogens is 250 g/mol. The monoisotopic (exact) mass is 269 g/mol. The minimum Gasteiger partial charge on any atom is -0.465 e. The summed E-state index contributed by atoms with van der Waals surface area (Å²) in [6.45, 7) is 6.07. The lowest BCUT2D eigenvalue weighted by Crippen LogP contribution is -2.67. The van der Waals surface area contributed by atoms with Crippen molar-refractivity contribution in [3.05, 3.63) is 0 Å². The summed E-state index contributed by atoms with van der Waals surface area (Å²) in [6.07, 6.45) is 0.186. The standard InChI is InChI=1S/C12H19N3O4/c1-11(2,3)12(5-4-6-15(12)10(18)19)7-8(16)14-9(17)13-7/h7H,4-6H2,1-3H3,(H,18,19)(H2,13,14,16,17)/t7-,12-/m0/s1. The molecule has 0 saturated carbocycles. The molecule has 0 spiro atoms. The maximum Gasteiger partial charge on any atom is 0.407 e. The second-order valence-corrected chi connectivity index (χ2v) is 6.11. The maximum absolute atomic E-state index is 12.0. The van der Waals surface area contributed by atoms with Crippen LogP contribution in [0.15, 0.2) is 0 Å². The quantitative estimate of drug-likeness (QED) is 0.612. The fourth-order valence-electron chi connectivity index (χ4n) is 3.37. The average molecular weight is 269 g/mol. The number of carbonyl (C=O) groups is 3. The first-order valence-corrected chi connectivity index (χ1v) is 6.32. The molecule has 4 amide bonds. The van der Waals surface area contributed by atoms with Crippen molar-refractivity contribution in [2.24, 2.45) is 5.41 Å². The van der Waals surface area contributed by atoms with Crippen LogP contribution in [0.4, 0.5) is 9.59 Å². The van der Waals surface area contributed by atoms with Crippen LogP contribution in [-0.4, -0.2) is 46.2 Å². The van der Waals surface area contributed by atoms with Crippen molar-refractivity contribution < 1.29 is 19.5 Å². The van der Waals surface area contributed by atoms with E-state index in [1.807, 2.05) is 20.8 Å². The van der Waals surface area contributed by atoms with Gasteiger partial charge < -0.3 is 10.4 Å². The summed E-state index contributed by atoms with van der Waals surface area (Å²) < 4.78 is 0. The van der Waals surface area contributed by atoms with E-state index >= 15 is 0 Å². The Bertz CT molecular complexity index is 443. The predicted octanol–water partition coefficient (Wildman–Crippen LogP) is 0.753. The average Bonchev–Trinajstić information content (AvgIpc) is 2.81. The molecule has 0 aliphatic carbocycles. The molecule has 2 saturated heterocycles. The van der Waals surface area contributed by atoms with Crippen LogP contribution < -0.4 is 10.6 Å². The van der Waals surface area contributed by atoms with E-state index in [1.165, 1.54) is 4.90 Å². The number of amides is 4. The Hall–Kier alpha value is -1.79. The van der Waals surface area contributed by atoms with Crippen molar-refractivity contribution in [2.75, 3.05) is 6.54 Å². The predicted molar refractivity (Wildman–Crippen MR) is 66.6 cm³/mol. The minimum atomic E-state index is -1.05. The van der Waals surface area contributed by atoms with Gasteiger partial charge in [-0.25, -0.2) is 9.59 Å². The number of imide groups is 1. The molecule has 0 aromatic carbocycles. The number of carboxylic acid groups (broad SMARTS) is 1. The van der Waals surface area contributed by atoms with Gasteiger partial charge in [-0.2, -0.15) is 0 Å². The highest BCUT2D eigenvalue weighted by atomic mass is 16.4. The van der Waals surface area contributed by atoms with Crippen LogP contribution in [-0.2, 0) is 4.79 Å². The molecule has 2 heterocycles. The Morgan fingerprint density at radius 1 is 1.42 bits per heavy atom. The summed E-state index contributed by atoms with van der Waals surface area (Å²) in [7, 11) is 0. The first-order chi connectivity index (χ1) is 8.70. The van der Waals surface area contributed by atoms with Gasteiger partial charge in [0, 0.05) is 6.54 Å². The number of carbonyl (C=O) groups excluding carboxylic acids is 2. The third-order valence-corrected chi connectivity index (χ3v) is 4.20. The number of hydrogen-bond donors (Lipinski definition) is 3. The summed E-state index contributed by atoms with van der Waals surface area (Å²) in [5.74, 6) is -0.451. The largest absolute Gasteiger partial charge is 0.465 e. The fraction of sp³-hybridized carbons (Fsp3) is 0.750. The van der Waals surface area contributed by atoms with E-state index < -0.39 is 35.0 Å². The number of hydrogen-bond acceptors (Lipinski definition) is 3. The van der Waals surface area contributed by atoms with Crippen molar-refractivity contribution in [2.45, 2.75) is 45.2 Å². The number of likely N-dealkylation sites (tertiary alicyclic amines) is 1. The summed E-state index contributed by atoms with van der Waals surface area (Å²) in [5.41, 5.74) is -1.38. The topological polar surface area (TPSA) is 98.7 Å². The summed E-state index contributed by atoms with van der Waals surface area (Å²) in [6, 6.07) is -1.39. The van der Waals surface area contributed by atoms with E-state index in [-0.39, 0.29) is 0 Å². The zero-order valence-electron chi connectivity index (χ0n) is 11.3. The smallest absolute Gasteiger partial charge is 0.407 e. The number of urea groups is 1. The molecule has 7 nitrogen and oxygen atoms in total. The number of nitrogens with one attached hydrogen (secondary N) is 2. The normalized spacial score (nSPS) is 31.3. The van der Waals surface area contributed by atoms with Gasteiger partial charge >= 0.3 is 12.1 Å². The second kappa shape index (κ2) is 4.11. The Kier molecular flexibility index (Phi) is 2.95. The zero-order chi connectivity index (χ0) is 14.4.